The molecule has 0 spiro atoms. The summed E-state index contributed by atoms with van der Waals surface area (Å²) >= 11 is 0. The highest BCUT2D eigenvalue weighted by molar-refractivity contribution is 7.92. The summed E-state index contributed by atoms with van der Waals surface area (Å²) in [5, 5.41) is 0. The summed E-state index contributed by atoms with van der Waals surface area (Å²) in [5.74, 6) is 5.98. The number of hydrogen-bond donors (Lipinski definition) is 1. The van der Waals surface area contributed by atoms with Crippen molar-refractivity contribution < 1.29 is 8.42 Å². The minimum absolute atomic E-state index is 0.213. The Kier molecular flexibility index (Phi) is 4.13. The van der Waals surface area contributed by atoms with Gasteiger partial charge in [0.2, 0.25) is 10.0 Å². The van der Waals surface area contributed by atoms with E-state index in [9.17, 15) is 8.42 Å². The van der Waals surface area contributed by atoms with Crippen molar-refractivity contribution in [2.45, 2.75) is 19.8 Å². The SMILES string of the molecule is Cc1ccc(N2CCCCS2(=O)=O)c(C#CCN)c1. The first-order valence-corrected chi connectivity index (χ1v) is 7.95. The number of anilines is 1. The molecular formula is C14H18N2O2S. The highest BCUT2D eigenvalue weighted by Gasteiger charge is 2.27. The van der Waals surface area contributed by atoms with Gasteiger partial charge in [0.05, 0.1) is 18.0 Å². The van der Waals surface area contributed by atoms with Gasteiger partial charge in [0, 0.05) is 12.1 Å². The zero-order valence-electron chi connectivity index (χ0n) is 11.0. The lowest BCUT2D eigenvalue weighted by Gasteiger charge is -2.29. The quantitative estimate of drug-likeness (QED) is 0.786. The second kappa shape index (κ2) is 5.64. The molecule has 1 heterocycles. The van der Waals surface area contributed by atoms with Crippen LogP contribution in [0.2, 0.25) is 0 Å². The van der Waals surface area contributed by atoms with Crippen LogP contribution in [-0.2, 0) is 10.0 Å². The molecule has 1 aromatic carbocycles. The summed E-state index contributed by atoms with van der Waals surface area (Å²) in [4.78, 5) is 0. The van der Waals surface area contributed by atoms with Crippen molar-refractivity contribution in [2.24, 2.45) is 5.73 Å². The van der Waals surface area contributed by atoms with Gasteiger partial charge in [-0.1, -0.05) is 17.9 Å². The number of nitrogens with zero attached hydrogens (tertiary/aromatic N) is 1. The molecule has 1 aromatic rings. The molecule has 1 saturated heterocycles. The highest BCUT2D eigenvalue weighted by Crippen LogP contribution is 2.27. The molecule has 0 bridgehead atoms. The Bertz CT molecular complexity index is 627. The zero-order valence-corrected chi connectivity index (χ0v) is 11.8. The first-order chi connectivity index (χ1) is 9.04. The van der Waals surface area contributed by atoms with Crippen LogP contribution in [0.1, 0.15) is 24.0 Å². The third kappa shape index (κ3) is 3.09. The van der Waals surface area contributed by atoms with Crippen LogP contribution in [0, 0.1) is 18.8 Å². The largest absolute Gasteiger partial charge is 0.320 e. The van der Waals surface area contributed by atoms with E-state index in [1.165, 1.54) is 4.31 Å². The minimum Gasteiger partial charge on any atom is -0.320 e. The number of aryl methyl sites for hydroxylation is 1. The molecule has 1 aliphatic rings. The monoisotopic (exact) mass is 278 g/mol. The van der Waals surface area contributed by atoms with E-state index in [2.05, 4.69) is 11.8 Å². The van der Waals surface area contributed by atoms with E-state index in [0.717, 1.165) is 24.0 Å². The first-order valence-electron chi connectivity index (χ1n) is 6.34. The Morgan fingerprint density at radius 1 is 1.37 bits per heavy atom. The maximum absolute atomic E-state index is 12.1. The molecule has 102 valence electrons. The van der Waals surface area contributed by atoms with Gasteiger partial charge in [-0.15, -0.1) is 0 Å². The Hall–Kier alpha value is -1.51. The van der Waals surface area contributed by atoms with Crippen molar-refractivity contribution >= 4 is 15.7 Å². The molecule has 4 nitrogen and oxygen atoms in total. The summed E-state index contributed by atoms with van der Waals surface area (Å²) in [6.45, 7) is 2.75. The molecule has 2 N–H and O–H groups in total. The van der Waals surface area contributed by atoms with Gasteiger partial charge in [-0.2, -0.15) is 0 Å². The molecular weight excluding hydrogens is 260 g/mol. The fourth-order valence-corrected chi connectivity index (χ4v) is 3.83. The third-order valence-corrected chi connectivity index (χ3v) is 4.95. The molecule has 0 radical (unpaired) electrons. The van der Waals surface area contributed by atoms with Crippen molar-refractivity contribution in [1.82, 2.24) is 0 Å². The Morgan fingerprint density at radius 2 is 2.16 bits per heavy atom. The molecule has 0 aliphatic carbocycles. The highest BCUT2D eigenvalue weighted by atomic mass is 32.2. The van der Waals surface area contributed by atoms with Crippen LogP contribution >= 0.6 is 0 Å². The summed E-state index contributed by atoms with van der Waals surface area (Å²) in [5.41, 5.74) is 7.85. The summed E-state index contributed by atoms with van der Waals surface area (Å²) in [7, 11) is -3.20. The Balaban J connectivity index is 2.49. The molecule has 19 heavy (non-hydrogen) atoms. The number of rotatable bonds is 1. The summed E-state index contributed by atoms with van der Waals surface area (Å²) < 4.78 is 25.8. The van der Waals surface area contributed by atoms with Crippen molar-refractivity contribution in [2.75, 3.05) is 23.1 Å². The fraction of sp³-hybridized carbons (Fsp3) is 0.429. The maximum Gasteiger partial charge on any atom is 0.235 e. The van der Waals surface area contributed by atoms with Crippen LogP contribution in [0.25, 0.3) is 0 Å². The van der Waals surface area contributed by atoms with Crippen molar-refractivity contribution in [3.63, 3.8) is 0 Å². The molecule has 1 aliphatic heterocycles. The Labute approximate surface area is 114 Å². The maximum atomic E-state index is 12.1. The van der Waals surface area contributed by atoms with Gasteiger partial charge in [0.25, 0.3) is 0 Å². The van der Waals surface area contributed by atoms with Crippen LogP contribution in [0.5, 0.6) is 0 Å². The zero-order chi connectivity index (χ0) is 13.9. The van der Waals surface area contributed by atoms with Crippen LogP contribution in [-0.4, -0.2) is 27.3 Å². The van der Waals surface area contributed by atoms with E-state index >= 15 is 0 Å². The van der Waals surface area contributed by atoms with Gasteiger partial charge in [0.1, 0.15) is 0 Å². The predicted molar refractivity (Wildman–Crippen MR) is 77.5 cm³/mol. The van der Waals surface area contributed by atoms with Crippen LogP contribution in [0.3, 0.4) is 0 Å². The third-order valence-electron chi connectivity index (χ3n) is 3.10. The second-order valence-corrected chi connectivity index (χ2v) is 6.63. The van der Waals surface area contributed by atoms with E-state index in [1.54, 1.807) is 0 Å². The van der Waals surface area contributed by atoms with Gasteiger partial charge in [-0.3, -0.25) is 4.31 Å². The topological polar surface area (TPSA) is 63.4 Å². The van der Waals surface area contributed by atoms with Gasteiger partial charge in [-0.25, -0.2) is 8.42 Å². The lowest BCUT2D eigenvalue weighted by Crippen LogP contribution is -2.38. The smallest absolute Gasteiger partial charge is 0.235 e. The van der Waals surface area contributed by atoms with Gasteiger partial charge in [-0.05, 0) is 37.5 Å². The minimum atomic E-state index is -3.20. The Morgan fingerprint density at radius 3 is 2.84 bits per heavy atom. The number of nitrogens with two attached hydrogens (primary N) is 1. The summed E-state index contributed by atoms with van der Waals surface area (Å²) in [6, 6.07) is 5.65. The second-order valence-electron chi connectivity index (χ2n) is 4.62. The van der Waals surface area contributed by atoms with Gasteiger partial charge < -0.3 is 5.73 Å². The fourth-order valence-electron chi connectivity index (χ4n) is 2.17. The average molecular weight is 278 g/mol. The van der Waals surface area contributed by atoms with Gasteiger partial charge >= 0.3 is 0 Å². The van der Waals surface area contributed by atoms with Crippen LogP contribution < -0.4 is 10.0 Å². The summed E-state index contributed by atoms with van der Waals surface area (Å²) in [6.07, 6.45) is 1.62. The molecule has 1 fully saturated rings. The van der Waals surface area contributed by atoms with E-state index in [-0.39, 0.29) is 12.3 Å². The standard InChI is InChI=1S/C14H18N2O2S/c1-12-6-7-14(13(11-12)5-4-8-15)16-9-2-3-10-19(16,17)18/h6-7,11H,2-3,8-10,15H2,1H3. The lowest BCUT2D eigenvalue weighted by molar-refractivity contribution is 0.574. The van der Waals surface area contributed by atoms with Gasteiger partial charge in [0.15, 0.2) is 0 Å². The normalized spacial score (nSPS) is 17.7. The lowest BCUT2D eigenvalue weighted by atomic mass is 10.1. The number of hydrogen-bond acceptors (Lipinski definition) is 3. The van der Waals surface area contributed by atoms with E-state index < -0.39 is 10.0 Å². The van der Waals surface area contributed by atoms with Crippen LogP contribution in [0.15, 0.2) is 18.2 Å². The molecule has 0 aromatic heterocycles. The molecule has 0 saturated carbocycles. The van der Waals surface area contributed by atoms with Crippen molar-refractivity contribution in [3.05, 3.63) is 29.3 Å². The molecule has 5 heteroatoms. The molecule has 2 rings (SSSR count). The molecule has 0 amide bonds. The van der Waals surface area contributed by atoms with E-state index in [0.29, 0.717) is 12.2 Å². The van der Waals surface area contributed by atoms with Crippen molar-refractivity contribution in [1.29, 1.82) is 0 Å². The van der Waals surface area contributed by atoms with E-state index in [1.807, 2.05) is 25.1 Å². The number of benzene rings is 1. The molecule has 0 unspecified atom stereocenters. The number of sulfonamides is 1. The van der Waals surface area contributed by atoms with E-state index in [4.69, 9.17) is 5.73 Å². The first kappa shape index (κ1) is 13.9. The predicted octanol–water partition coefficient (Wildman–Crippen LogP) is 1.24. The molecule has 0 atom stereocenters. The van der Waals surface area contributed by atoms with Crippen LogP contribution in [0.4, 0.5) is 5.69 Å². The average Bonchev–Trinajstić information content (AvgIpc) is 2.37. The van der Waals surface area contributed by atoms with Crippen molar-refractivity contribution in [3.8, 4) is 11.8 Å².